The van der Waals surface area contributed by atoms with Crippen molar-refractivity contribution in [2.45, 2.75) is 31.9 Å². The van der Waals surface area contributed by atoms with E-state index in [1.165, 1.54) is 18.5 Å². The van der Waals surface area contributed by atoms with E-state index in [0.717, 1.165) is 18.3 Å². The molecule has 3 nitrogen and oxygen atoms in total. The first-order valence-corrected chi connectivity index (χ1v) is 6.32. The quantitative estimate of drug-likeness (QED) is 0.817. The summed E-state index contributed by atoms with van der Waals surface area (Å²) >= 11 is 0. The van der Waals surface area contributed by atoms with Crippen LogP contribution in [-0.4, -0.2) is 32.8 Å². The van der Waals surface area contributed by atoms with Crippen LogP contribution in [-0.2, 0) is 0 Å². The van der Waals surface area contributed by atoms with E-state index in [0.29, 0.717) is 0 Å². The Morgan fingerprint density at radius 3 is 2.82 bits per heavy atom. The molecule has 1 aliphatic rings. The molecule has 94 valence electrons. The molecule has 0 aromatic heterocycles. The summed E-state index contributed by atoms with van der Waals surface area (Å²) in [5, 5.41) is 3.48. The average molecular weight is 234 g/mol. The maximum absolute atomic E-state index is 5.89. The van der Waals surface area contributed by atoms with Gasteiger partial charge in [-0.3, -0.25) is 0 Å². The Bertz CT molecular complexity index is 361. The summed E-state index contributed by atoms with van der Waals surface area (Å²) in [7, 11) is 4.08. The zero-order valence-corrected chi connectivity index (χ0v) is 10.9. The Labute approximate surface area is 104 Å². The first-order chi connectivity index (χ1) is 8.15. The standard InChI is InChI=1S/C14H22N2O/c1-11(10-15-12-7-8-12)17-14-6-4-5-13(9-14)16(2)3/h4-6,9,11-12,15H,7-8,10H2,1-3H3. The van der Waals surface area contributed by atoms with Gasteiger partial charge in [-0.1, -0.05) is 6.07 Å². The van der Waals surface area contributed by atoms with Crippen LogP contribution in [0.3, 0.4) is 0 Å². The van der Waals surface area contributed by atoms with Crippen LogP contribution in [0.2, 0.25) is 0 Å². The van der Waals surface area contributed by atoms with E-state index in [9.17, 15) is 0 Å². The Morgan fingerprint density at radius 1 is 1.41 bits per heavy atom. The van der Waals surface area contributed by atoms with Crippen LogP contribution in [0.1, 0.15) is 19.8 Å². The van der Waals surface area contributed by atoms with Crippen molar-refractivity contribution in [3.05, 3.63) is 24.3 Å². The lowest BCUT2D eigenvalue weighted by molar-refractivity contribution is 0.217. The van der Waals surface area contributed by atoms with Gasteiger partial charge in [-0.2, -0.15) is 0 Å². The molecular formula is C14H22N2O. The molecule has 1 N–H and O–H groups in total. The molecule has 17 heavy (non-hydrogen) atoms. The second kappa shape index (κ2) is 5.41. The monoisotopic (exact) mass is 234 g/mol. The molecular weight excluding hydrogens is 212 g/mol. The maximum Gasteiger partial charge on any atom is 0.121 e. The van der Waals surface area contributed by atoms with Crippen LogP contribution < -0.4 is 15.0 Å². The van der Waals surface area contributed by atoms with Crippen molar-refractivity contribution < 1.29 is 4.74 Å². The van der Waals surface area contributed by atoms with Crippen LogP contribution in [0, 0.1) is 0 Å². The largest absolute Gasteiger partial charge is 0.489 e. The third kappa shape index (κ3) is 3.93. The van der Waals surface area contributed by atoms with Gasteiger partial charge < -0.3 is 15.0 Å². The van der Waals surface area contributed by atoms with Crippen molar-refractivity contribution in [3.8, 4) is 5.75 Å². The molecule has 1 aliphatic carbocycles. The van der Waals surface area contributed by atoms with Crippen molar-refractivity contribution in [2.75, 3.05) is 25.5 Å². The number of anilines is 1. The lowest BCUT2D eigenvalue weighted by Crippen LogP contribution is -2.30. The van der Waals surface area contributed by atoms with Gasteiger partial charge in [0.25, 0.3) is 0 Å². The van der Waals surface area contributed by atoms with E-state index in [1.54, 1.807) is 0 Å². The normalized spacial score (nSPS) is 16.6. The molecule has 1 aromatic rings. The molecule has 1 aromatic carbocycles. The fraction of sp³-hybridized carbons (Fsp3) is 0.571. The summed E-state index contributed by atoms with van der Waals surface area (Å²) in [6.07, 6.45) is 2.86. The van der Waals surface area contributed by atoms with Crippen molar-refractivity contribution in [3.63, 3.8) is 0 Å². The van der Waals surface area contributed by atoms with E-state index in [1.807, 2.05) is 26.2 Å². The van der Waals surface area contributed by atoms with E-state index in [2.05, 4.69) is 29.3 Å². The third-order valence-electron chi connectivity index (χ3n) is 2.94. The highest BCUT2D eigenvalue weighted by atomic mass is 16.5. The minimum Gasteiger partial charge on any atom is -0.489 e. The summed E-state index contributed by atoms with van der Waals surface area (Å²) < 4.78 is 5.89. The highest BCUT2D eigenvalue weighted by molar-refractivity contribution is 5.49. The molecule has 3 heteroatoms. The molecule has 1 fully saturated rings. The van der Waals surface area contributed by atoms with Gasteiger partial charge in [0.1, 0.15) is 11.9 Å². The smallest absolute Gasteiger partial charge is 0.121 e. The molecule has 0 bridgehead atoms. The van der Waals surface area contributed by atoms with Crippen molar-refractivity contribution in [2.24, 2.45) is 0 Å². The first-order valence-electron chi connectivity index (χ1n) is 6.32. The first kappa shape index (κ1) is 12.2. The lowest BCUT2D eigenvalue weighted by atomic mass is 10.3. The van der Waals surface area contributed by atoms with Gasteiger partial charge in [0.2, 0.25) is 0 Å². The number of rotatable bonds is 6. The highest BCUT2D eigenvalue weighted by Gasteiger charge is 2.21. The fourth-order valence-electron chi connectivity index (χ4n) is 1.73. The Morgan fingerprint density at radius 2 is 2.18 bits per heavy atom. The molecule has 0 saturated heterocycles. The van der Waals surface area contributed by atoms with Gasteiger partial charge in [-0.25, -0.2) is 0 Å². The van der Waals surface area contributed by atoms with Crippen LogP contribution in [0.15, 0.2) is 24.3 Å². The average Bonchev–Trinajstić information content (AvgIpc) is 3.10. The number of ether oxygens (including phenoxy) is 1. The number of hydrogen-bond donors (Lipinski definition) is 1. The van der Waals surface area contributed by atoms with Crippen molar-refractivity contribution >= 4 is 5.69 Å². The summed E-state index contributed by atoms with van der Waals surface area (Å²) in [5.74, 6) is 0.946. The number of benzene rings is 1. The van der Waals surface area contributed by atoms with E-state index < -0.39 is 0 Å². The second-order valence-electron chi connectivity index (χ2n) is 5.00. The van der Waals surface area contributed by atoms with Crippen LogP contribution in [0.4, 0.5) is 5.69 Å². The van der Waals surface area contributed by atoms with Gasteiger partial charge in [0.05, 0.1) is 0 Å². The topological polar surface area (TPSA) is 24.5 Å². The third-order valence-corrected chi connectivity index (χ3v) is 2.94. The minimum absolute atomic E-state index is 0.216. The van der Waals surface area contributed by atoms with Crippen LogP contribution in [0.25, 0.3) is 0 Å². The molecule has 0 aliphatic heterocycles. The molecule has 0 spiro atoms. The van der Waals surface area contributed by atoms with E-state index in [4.69, 9.17) is 4.74 Å². The van der Waals surface area contributed by atoms with Gasteiger partial charge in [0.15, 0.2) is 0 Å². The predicted molar refractivity (Wildman–Crippen MR) is 71.9 cm³/mol. The predicted octanol–water partition coefficient (Wildman–Crippen LogP) is 2.27. The minimum atomic E-state index is 0.216. The van der Waals surface area contributed by atoms with Crippen LogP contribution in [0.5, 0.6) is 5.75 Å². The zero-order chi connectivity index (χ0) is 12.3. The molecule has 0 radical (unpaired) electrons. The molecule has 0 amide bonds. The number of nitrogens with one attached hydrogen (secondary N) is 1. The SMILES string of the molecule is CC(CNC1CC1)Oc1cccc(N(C)C)c1. The summed E-state index contributed by atoms with van der Waals surface area (Å²) in [6.45, 7) is 3.04. The van der Waals surface area contributed by atoms with E-state index in [-0.39, 0.29) is 6.10 Å². The second-order valence-corrected chi connectivity index (χ2v) is 5.00. The Balaban J connectivity index is 1.85. The van der Waals surface area contributed by atoms with Crippen molar-refractivity contribution in [1.29, 1.82) is 0 Å². The van der Waals surface area contributed by atoms with Gasteiger partial charge in [0, 0.05) is 38.4 Å². The number of nitrogens with zero attached hydrogens (tertiary/aromatic N) is 1. The van der Waals surface area contributed by atoms with Crippen LogP contribution >= 0.6 is 0 Å². The van der Waals surface area contributed by atoms with Crippen molar-refractivity contribution in [1.82, 2.24) is 5.32 Å². The molecule has 1 saturated carbocycles. The summed E-state index contributed by atoms with van der Waals surface area (Å²) in [4.78, 5) is 2.08. The Kier molecular flexibility index (Phi) is 3.89. The van der Waals surface area contributed by atoms with Gasteiger partial charge in [-0.15, -0.1) is 0 Å². The Hall–Kier alpha value is -1.22. The highest BCUT2D eigenvalue weighted by Crippen LogP contribution is 2.21. The zero-order valence-electron chi connectivity index (χ0n) is 10.9. The number of hydrogen-bond acceptors (Lipinski definition) is 3. The fourth-order valence-corrected chi connectivity index (χ4v) is 1.73. The lowest BCUT2D eigenvalue weighted by Gasteiger charge is -2.18. The molecule has 1 unspecified atom stereocenters. The summed E-state index contributed by atoms with van der Waals surface area (Å²) in [5.41, 5.74) is 1.17. The van der Waals surface area contributed by atoms with E-state index >= 15 is 0 Å². The molecule has 0 heterocycles. The van der Waals surface area contributed by atoms with Gasteiger partial charge >= 0.3 is 0 Å². The molecule has 2 rings (SSSR count). The summed E-state index contributed by atoms with van der Waals surface area (Å²) in [6, 6.07) is 8.95. The molecule has 1 atom stereocenters. The van der Waals surface area contributed by atoms with Gasteiger partial charge in [-0.05, 0) is 31.9 Å². The maximum atomic E-state index is 5.89.